The van der Waals surface area contributed by atoms with Crippen molar-refractivity contribution in [1.82, 2.24) is 4.90 Å². The van der Waals surface area contributed by atoms with Crippen molar-refractivity contribution in [2.45, 2.75) is 31.8 Å². The normalized spacial score (nSPS) is 20.6. The van der Waals surface area contributed by atoms with E-state index in [2.05, 4.69) is 4.90 Å². The molecule has 0 unspecified atom stereocenters. The van der Waals surface area contributed by atoms with Crippen molar-refractivity contribution >= 4 is 11.6 Å². The van der Waals surface area contributed by atoms with Gasteiger partial charge in [0.1, 0.15) is 11.4 Å². The number of anilines is 1. The number of hydrogen-bond acceptors (Lipinski definition) is 3. The molecule has 1 aliphatic carbocycles. The molecular weight excluding hydrogens is 283 g/mol. The summed E-state index contributed by atoms with van der Waals surface area (Å²) in [6.07, 6.45) is 2.74. The fourth-order valence-electron chi connectivity index (χ4n) is 3.32. The molecule has 1 saturated carbocycles. The van der Waals surface area contributed by atoms with Gasteiger partial charge in [-0.1, -0.05) is 6.07 Å². The summed E-state index contributed by atoms with van der Waals surface area (Å²) < 4.78 is 19.1. The van der Waals surface area contributed by atoms with Crippen LogP contribution in [0.3, 0.4) is 0 Å². The summed E-state index contributed by atoms with van der Waals surface area (Å²) in [5.74, 6) is -0.0831. The summed E-state index contributed by atoms with van der Waals surface area (Å²) in [5.41, 5.74) is 0.325. The van der Waals surface area contributed by atoms with Crippen molar-refractivity contribution in [3.05, 3.63) is 30.1 Å². The molecule has 2 fully saturated rings. The molecule has 0 spiro atoms. The van der Waals surface area contributed by atoms with Crippen molar-refractivity contribution in [1.29, 1.82) is 0 Å². The smallest absolute Gasteiger partial charge is 0.254 e. The number of nitrogens with zero attached hydrogens (tertiary/aromatic N) is 2. The molecular formula is C17H23FN2O2. The molecule has 5 heteroatoms. The van der Waals surface area contributed by atoms with Gasteiger partial charge in [-0.2, -0.15) is 0 Å². The first-order valence-electron chi connectivity index (χ1n) is 8.08. The zero-order valence-electron chi connectivity index (χ0n) is 13.1. The van der Waals surface area contributed by atoms with E-state index >= 15 is 0 Å². The van der Waals surface area contributed by atoms with Gasteiger partial charge < -0.3 is 14.5 Å². The van der Waals surface area contributed by atoms with E-state index in [4.69, 9.17) is 4.74 Å². The average molecular weight is 306 g/mol. The van der Waals surface area contributed by atoms with Crippen molar-refractivity contribution in [2.75, 3.05) is 37.7 Å². The fourth-order valence-corrected chi connectivity index (χ4v) is 3.32. The van der Waals surface area contributed by atoms with Gasteiger partial charge in [0.2, 0.25) is 0 Å². The molecule has 0 aromatic heterocycles. The molecule has 2 aliphatic rings. The zero-order chi connectivity index (χ0) is 15.6. The van der Waals surface area contributed by atoms with Crippen LogP contribution in [0.5, 0.6) is 0 Å². The van der Waals surface area contributed by atoms with Gasteiger partial charge in [-0.15, -0.1) is 0 Å². The lowest BCUT2D eigenvalue weighted by molar-refractivity contribution is -0.170. The maximum Gasteiger partial charge on any atom is 0.254 e. The second-order valence-electron chi connectivity index (χ2n) is 6.04. The Hall–Kier alpha value is -1.62. The monoisotopic (exact) mass is 306 g/mol. The minimum Gasteiger partial charge on any atom is -0.368 e. The lowest BCUT2D eigenvalue weighted by atomic mass is 9.78. The number of carbonyl (C=O) groups excluding carboxylic acids is 1. The number of rotatable bonds is 4. The van der Waals surface area contributed by atoms with E-state index in [9.17, 15) is 9.18 Å². The Morgan fingerprint density at radius 2 is 2.00 bits per heavy atom. The summed E-state index contributed by atoms with van der Waals surface area (Å²) in [4.78, 5) is 16.7. The number of ether oxygens (including phenoxy) is 1. The zero-order valence-corrected chi connectivity index (χ0v) is 13.1. The molecule has 4 nitrogen and oxygen atoms in total. The summed E-state index contributed by atoms with van der Waals surface area (Å²) >= 11 is 0. The number of hydrogen-bond donors (Lipinski definition) is 0. The van der Waals surface area contributed by atoms with E-state index in [1.165, 1.54) is 6.07 Å². The highest BCUT2D eigenvalue weighted by molar-refractivity contribution is 5.86. The summed E-state index contributed by atoms with van der Waals surface area (Å²) in [5, 5.41) is 0. The maximum atomic E-state index is 13.3. The van der Waals surface area contributed by atoms with Crippen LogP contribution in [-0.4, -0.2) is 49.2 Å². The molecule has 1 saturated heterocycles. The predicted octanol–water partition coefficient (Wildman–Crippen LogP) is 2.43. The molecule has 0 N–H and O–H groups in total. The van der Waals surface area contributed by atoms with E-state index < -0.39 is 5.60 Å². The van der Waals surface area contributed by atoms with Crippen molar-refractivity contribution < 1.29 is 13.9 Å². The highest BCUT2D eigenvalue weighted by atomic mass is 19.1. The Morgan fingerprint density at radius 1 is 1.27 bits per heavy atom. The Balaban J connectivity index is 1.61. The standard InChI is InChI=1S/C17H23FN2O2/c1-2-22-17(7-4-8-17)16(21)20-11-9-19(10-12-20)15-6-3-5-14(18)13-15/h3,5-6,13H,2,4,7-12H2,1H3. The number of piperazine rings is 1. The quantitative estimate of drug-likeness (QED) is 0.856. The first kappa shape index (κ1) is 15.3. The van der Waals surface area contributed by atoms with E-state index in [-0.39, 0.29) is 11.7 Å². The highest BCUT2D eigenvalue weighted by Crippen LogP contribution is 2.37. The maximum absolute atomic E-state index is 13.3. The topological polar surface area (TPSA) is 32.8 Å². The summed E-state index contributed by atoms with van der Waals surface area (Å²) in [6.45, 7) is 5.33. The van der Waals surface area contributed by atoms with Gasteiger partial charge in [0.25, 0.3) is 5.91 Å². The van der Waals surface area contributed by atoms with Crippen LogP contribution >= 0.6 is 0 Å². The van der Waals surface area contributed by atoms with Crippen LogP contribution < -0.4 is 4.90 Å². The van der Waals surface area contributed by atoms with Crippen molar-refractivity contribution in [3.63, 3.8) is 0 Å². The second-order valence-corrected chi connectivity index (χ2v) is 6.04. The molecule has 1 aromatic carbocycles. The molecule has 1 heterocycles. The Labute approximate surface area is 130 Å². The van der Waals surface area contributed by atoms with Crippen LogP contribution in [0.25, 0.3) is 0 Å². The molecule has 1 aliphatic heterocycles. The van der Waals surface area contributed by atoms with Crippen molar-refractivity contribution in [2.24, 2.45) is 0 Å². The first-order chi connectivity index (χ1) is 10.6. The number of benzene rings is 1. The summed E-state index contributed by atoms with van der Waals surface area (Å²) in [7, 11) is 0. The van der Waals surface area contributed by atoms with Crippen molar-refractivity contribution in [3.8, 4) is 0 Å². The van der Waals surface area contributed by atoms with E-state index in [0.29, 0.717) is 19.7 Å². The number of halogens is 1. The van der Waals surface area contributed by atoms with E-state index in [0.717, 1.165) is 38.0 Å². The lowest BCUT2D eigenvalue weighted by Crippen LogP contribution is -2.59. The fraction of sp³-hybridized carbons (Fsp3) is 0.588. The molecule has 0 radical (unpaired) electrons. The molecule has 1 amide bonds. The Kier molecular flexibility index (Phi) is 4.34. The van der Waals surface area contributed by atoms with Crippen LogP contribution in [0.1, 0.15) is 26.2 Å². The van der Waals surface area contributed by atoms with Gasteiger partial charge in [0.05, 0.1) is 0 Å². The minimum absolute atomic E-state index is 0.138. The number of amides is 1. The predicted molar refractivity (Wildman–Crippen MR) is 83.4 cm³/mol. The first-order valence-corrected chi connectivity index (χ1v) is 8.08. The molecule has 120 valence electrons. The Morgan fingerprint density at radius 3 is 2.55 bits per heavy atom. The average Bonchev–Trinajstić information content (AvgIpc) is 2.50. The molecule has 1 aromatic rings. The molecule has 0 atom stereocenters. The van der Waals surface area contributed by atoms with Gasteiger partial charge in [-0.05, 0) is 44.4 Å². The number of carbonyl (C=O) groups is 1. The Bertz CT molecular complexity index is 537. The molecule has 3 rings (SSSR count). The van der Waals surface area contributed by atoms with E-state index in [1.54, 1.807) is 12.1 Å². The van der Waals surface area contributed by atoms with Gasteiger partial charge in [0.15, 0.2) is 0 Å². The van der Waals surface area contributed by atoms with Crippen LogP contribution in [0.2, 0.25) is 0 Å². The largest absolute Gasteiger partial charge is 0.368 e. The molecule has 22 heavy (non-hydrogen) atoms. The van der Waals surface area contributed by atoms with Gasteiger partial charge in [-0.25, -0.2) is 4.39 Å². The van der Waals surface area contributed by atoms with Gasteiger partial charge in [-0.3, -0.25) is 4.79 Å². The lowest BCUT2D eigenvalue weighted by Gasteiger charge is -2.45. The SMILES string of the molecule is CCOC1(C(=O)N2CCN(c3cccc(F)c3)CC2)CCC1. The summed E-state index contributed by atoms with van der Waals surface area (Å²) in [6, 6.07) is 6.63. The van der Waals surface area contributed by atoms with Gasteiger partial charge in [0, 0.05) is 38.5 Å². The molecule has 0 bridgehead atoms. The third-order valence-electron chi connectivity index (χ3n) is 4.71. The highest BCUT2D eigenvalue weighted by Gasteiger charge is 2.47. The minimum atomic E-state index is -0.560. The van der Waals surface area contributed by atoms with Crippen LogP contribution in [0.4, 0.5) is 10.1 Å². The second kappa shape index (κ2) is 6.24. The van der Waals surface area contributed by atoms with E-state index in [1.807, 2.05) is 17.9 Å². The van der Waals surface area contributed by atoms with Gasteiger partial charge >= 0.3 is 0 Å². The third kappa shape index (κ3) is 2.82. The van der Waals surface area contributed by atoms with Crippen LogP contribution in [0.15, 0.2) is 24.3 Å². The third-order valence-corrected chi connectivity index (χ3v) is 4.71. The van der Waals surface area contributed by atoms with Crippen LogP contribution in [0, 0.1) is 5.82 Å². The van der Waals surface area contributed by atoms with Crippen LogP contribution in [-0.2, 0) is 9.53 Å².